The molecule has 29 heavy (non-hydrogen) atoms. The molecule has 1 amide bonds. The predicted molar refractivity (Wildman–Crippen MR) is 121 cm³/mol. The lowest BCUT2D eigenvalue weighted by molar-refractivity contribution is -0.113. The zero-order valence-corrected chi connectivity index (χ0v) is 18.9. The van der Waals surface area contributed by atoms with E-state index in [4.69, 9.17) is 0 Å². The molecule has 1 N–H and O–H groups in total. The first-order valence-electron chi connectivity index (χ1n) is 9.67. The number of carbonyl (C=O) groups is 1. The maximum atomic E-state index is 12.5. The van der Waals surface area contributed by atoms with E-state index in [-0.39, 0.29) is 5.75 Å². The predicted octanol–water partition coefficient (Wildman–Crippen LogP) is 3.14. The molecule has 8 heteroatoms. The summed E-state index contributed by atoms with van der Waals surface area (Å²) < 4.78 is 25.8. The Labute approximate surface area is 180 Å². The van der Waals surface area contributed by atoms with E-state index in [2.05, 4.69) is 38.0 Å². The van der Waals surface area contributed by atoms with E-state index in [1.807, 2.05) is 30.3 Å². The molecular weight excluding hydrogens is 454 g/mol. The van der Waals surface area contributed by atoms with Crippen LogP contribution in [0.4, 0.5) is 11.4 Å². The minimum Gasteiger partial charge on any atom is -0.367 e. The smallest absolute Gasteiger partial charge is 0.239 e. The highest BCUT2D eigenvalue weighted by Crippen LogP contribution is 2.26. The molecule has 0 bridgehead atoms. The number of nitrogens with one attached hydrogen (secondary N) is 1. The third kappa shape index (κ3) is 6.29. The number of anilines is 2. The van der Waals surface area contributed by atoms with Crippen LogP contribution in [0.25, 0.3) is 0 Å². The fourth-order valence-corrected chi connectivity index (χ4v) is 5.19. The van der Waals surface area contributed by atoms with Gasteiger partial charge in [0.15, 0.2) is 9.84 Å². The summed E-state index contributed by atoms with van der Waals surface area (Å²) in [5, 5.41) is 2.80. The van der Waals surface area contributed by atoms with Gasteiger partial charge in [-0.1, -0.05) is 47.1 Å². The number of carbonyl (C=O) groups excluding carboxylic acids is 1. The molecule has 1 aliphatic heterocycles. The number of amides is 1. The number of sulfone groups is 1. The Kier molecular flexibility index (Phi) is 7.32. The van der Waals surface area contributed by atoms with Crippen LogP contribution in [-0.2, 0) is 20.4 Å². The maximum Gasteiger partial charge on any atom is 0.239 e. The van der Waals surface area contributed by atoms with Gasteiger partial charge in [0, 0.05) is 30.7 Å². The minimum absolute atomic E-state index is 0.166. The summed E-state index contributed by atoms with van der Waals surface area (Å²) in [5.41, 5.74) is 2.24. The molecule has 3 rings (SSSR count). The van der Waals surface area contributed by atoms with Gasteiger partial charge < -0.3 is 15.1 Å². The fraction of sp³-hybridized carbons (Fsp3) is 0.381. The number of rotatable bonds is 7. The zero-order valence-electron chi connectivity index (χ0n) is 16.5. The van der Waals surface area contributed by atoms with E-state index in [1.54, 1.807) is 18.2 Å². The number of para-hydroxylation sites is 2. The van der Waals surface area contributed by atoms with Crippen molar-refractivity contribution in [3.63, 3.8) is 0 Å². The van der Waals surface area contributed by atoms with Gasteiger partial charge in [0.1, 0.15) is 5.75 Å². The summed E-state index contributed by atoms with van der Waals surface area (Å²) in [4.78, 5) is 17.1. The van der Waals surface area contributed by atoms with Gasteiger partial charge in [0.25, 0.3) is 0 Å². The van der Waals surface area contributed by atoms with Gasteiger partial charge in [-0.15, -0.1) is 0 Å². The maximum absolute atomic E-state index is 12.5. The molecule has 0 aliphatic carbocycles. The second-order valence-corrected chi connectivity index (χ2v) is 10.1. The van der Waals surface area contributed by atoms with Crippen molar-refractivity contribution in [3.8, 4) is 0 Å². The van der Waals surface area contributed by atoms with Gasteiger partial charge in [0.05, 0.1) is 17.1 Å². The SMILES string of the molecule is CCN1CCN(c2ccccc2NC(=O)CS(=O)(=O)Cc2cccc(Br)c2)CC1. The standard InChI is InChI=1S/C21H26BrN3O3S/c1-2-24-10-12-25(13-11-24)20-9-4-3-8-19(20)23-21(26)16-29(27,28)15-17-6-5-7-18(22)14-17/h3-9,14H,2,10-13,15-16H2,1H3,(H,23,26). The summed E-state index contributed by atoms with van der Waals surface area (Å²) in [7, 11) is -3.57. The first kappa shape index (κ1) is 21.8. The summed E-state index contributed by atoms with van der Waals surface area (Å²) in [6.07, 6.45) is 0. The van der Waals surface area contributed by atoms with Crippen LogP contribution in [0.3, 0.4) is 0 Å². The molecule has 0 spiro atoms. The van der Waals surface area contributed by atoms with E-state index >= 15 is 0 Å². The molecule has 1 fully saturated rings. The van der Waals surface area contributed by atoms with Gasteiger partial charge >= 0.3 is 0 Å². The van der Waals surface area contributed by atoms with Crippen LogP contribution in [0.1, 0.15) is 12.5 Å². The Morgan fingerprint density at radius 2 is 1.79 bits per heavy atom. The van der Waals surface area contributed by atoms with Gasteiger partial charge in [-0.3, -0.25) is 4.79 Å². The molecule has 2 aromatic carbocycles. The molecule has 1 saturated heterocycles. The number of nitrogens with zero attached hydrogens (tertiary/aromatic N) is 2. The van der Waals surface area contributed by atoms with Crippen LogP contribution in [0.15, 0.2) is 53.0 Å². The largest absolute Gasteiger partial charge is 0.367 e. The monoisotopic (exact) mass is 479 g/mol. The average Bonchev–Trinajstić information content (AvgIpc) is 2.67. The molecule has 1 aliphatic rings. The molecule has 0 aromatic heterocycles. The molecule has 0 radical (unpaired) electrons. The zero-order chi connectivity index (χ0) is 20.9. The van der Waals surface area contributed by atoms with Crippen molar-refractivity contribution in [1.82, 2.24) is 4.90 Å². The number of halogens is 1. The van der Waals surface area contributed by atoms with Gasteiger partial charge in [-0.05, 0) is 36.4 Å². The molecule has 156 valence electrons. The van der Waals surface area contributed by atoms with Crippen molar-refractivity contribution in [2.75, 3.05) is 48.7 Å². The quantitative estimate of drug-likeness (QED) is 0.660. The number of benzene rings is 2. The topological polar surface area (TPSA) is 69.7 Å². The average molecular weight is 480 g/mol. The van der Waals surface area contributed by atoms with Crippen molar-refractivity contribution >= 4 is 43.0 Å². The van der Waals surface area contributed by atoms with E-state index in [1.165, 1.54) is 0 Å². The van der Waals surface area contributed by atoms with Crippen LogP contribution in [0.2, 0.25) is 0 Å². The van der Waals surface area contributed by atoms with Crippen LogP contribution >= 0.6 is 15.9 Å². The number of hydrogen-bond acceptors (Lipinski definition) is 5. The van der Waals surface area contributed by atoms with Crippen LogP contribution < -0.4 is 10.2 Å². The molecule has 0 unspecified atom stereocenters. The number of likely N-dealkylation sites (N-methyl/N-ethyl adjacent to an activating group) is 1. The van der Waals surface area contributed by atoms with Gasteiger partial charge in [-0.25, -0.2) is 8.42 Å². The Morgan fingerprint density at radius 1 is 1.07 bits per heavy atom. The third-order valence-corrected chi connectivity index (χ3v) is 6.93. The molecule has 2 aromatic rings. The van der Waals surface area contributed by atoms with Crippen molar-refractivity contribution in [2.45, 2.75) is 12.7 Å². The van der Waals surface area contributed by atoms with E-state index in [0.29, 0.717) is 11.3 Å². The molecule has 6 nitrogen and oxygen atoms in total. The van der Waals surface area contributed by atoms with Crippen LogP contribution in [0.5, 0.6) is 0 Å². The van der Waals surface area contributed by atoms with Crippen molar-refractivity contribution < 1.29 is 13.2 Å². The Hall–Kier alpha value is -1.90. The highest BCUT2D eigenvalue weighted by Gasteiger charge is 2.21. The lowest BCUT2D eigenvalue weighted by atomic mass is 10.2. The second-order valence-electron chi connectivity index (χ2n) is 7.15. The molecule has 0 atom stereocenters. The fourth-order valence-electron chi connectivity index (χ4n) is 3.48. The Bertz CT molecular complexity index is 957. The van der Waals surface area contributed by atoms with Gasteiger partial charge in [-0.2, -0.15) is 0 Å². The molecule has 1 heterocycles. The lowest BCUT2D eigenvalue weighted by Gasteiger charge is -2.36. The van der Waals surface area contributed by atoms with Crippen LogP contribution in [0, 0.1) is 0 Å². The summed E-state index contributed by atoms with van der Waals surface area (Å²) >= 11 is 3.34. The molecule has 0 saturated carbocycles. The Morgan fingerprint density at radius 3 is 2.48 bits per heavy atom. The normalized spacial score (nSPS) is 15.3. The summed E-state index contributed by atoms with van der Waals surface area (Å²) in [6, 6.07) is 14.7. The number of hydrogen-bond donors (Lipinski definition) is 1. The van der Waals surface area contributed by atoms with Crippen molar-refractivity contribution in [1.29, 1.82) is 0 Å². The first-order chi connectivity index (χ1) is 13.9. The van der Waals surface area contributed by atoms with Crippen molar-refractivity contribution in [2.24, 2.45) is 0 Å². The second kappa shape index (κ2) is 9.73. The van der Waals surface area contributed by atoms with Gasteiger partial charge in [0.2, 0.25) is 5.91 Å². The summed E-state index contributed by atoms with van der Waals surface area (Å²) in [6.45, 7) is 6.88. The third-order valence-electron chi connectivity index (χ3n) is 4.96. The van der Waals surface area contributed by atoms with Crippen LogP contribution in [-0.4, -0.2) is 57.7 Å². The first-order valence-corrected chi connectivity index (χ1v) is 12.3. The highest BCUT2D eigenvalue weighted by molar-refractivity contribution is 9.10. The van der Waals surface area contributed by atoms with E-state index in [9.17, 15) is 13.2 Å². The Balaban J connectivity index is 1.65. The number of piperazine rings is 1. The lowest BCUT2D eigenvalue weighted by Crippen LogP contribution is -2.46. The molecular formula is C21H26BrN3O3S. The minimum atomic E-state index is -3.57. The van der Waals surface area contributed by atoms with Crippen molar-refractivity contribution in [3.05, 3.63) is 58.6 Å². The van der Waals surface area contributed by atoms with E-state index in [0.717, 1.165) is 42.9 Å². The van der Waals surface area contributed by atoms with E-state index < -0.39 is 21.5 Å². The summed E-state index contributed by atoms with van der Waals surface area (Å²) in [5.74, 6) is -1.22. The highest BCUT2D eigenvalue weighted by atomic mass is 79.9.